The Hall–Kier alpha value is -0.450. The molecule has 0 spiro atoms. The summed E-state index contributed by atoms with van der Waals surface area (Å²) in [4.78, 5) is 7.38. The van der Waals surface area contributed by atoms with Gasteiger partial charge in [-0.1, -0.05) is 6.92 Å². The van der Waals surface area contributed by atoms with E-state index in [1.54, 1.807) is 0 Å². The van der Waals surface area contributed by atoms with E-state index in [2.05, 4.69) is 22.5 Å². The van der Waals surface area contributed by atoms with E-state index in [1.807, 2.05) is 18.4 Å². The van der Waals surface area contributed by atoms with Crippen LogP contribution in [0.25, 0.3) is 0 Å². The summed E-state index contributed by atoms with van der Waals surface area (Å²) < 4.78 is 0. The zero-order chi connectivity index (χ0) is 13.5. The van der Waals surface area contributed by atoms with E-state index in [4.69, 9.17) is 4.98 Å². The molecule has 0 aromatic carbocycles. The minimum Gasteiger partial charge on any atom is -0.320 e. The monoisotopic (exact) mass is 281 g/mol. The van der Waals surface area contributed by atoms with Crippen LogP contribution in [0.15, 0.2) is 5.38 Å². The van der Waals surface area contributed by atoms with Crippen molar-refractivity contribution in [3.05, 3.63) is 16.1 Å². The number of aryl methyl sites for hydroxylation is 1. The van der Waals surface area contributed by atoms with Gasteiger partial charge in [-0.15, -0.1) is 11.3 Å². The average Bonchev–Trinajstić information content (AvgIpc) is 2.87. The molecule has 1 aromatic rings. The fourth-order valence-electron chi connectivity index (χ4n) is 2.86. The largest absolute Gasteiger partial charge is 0.320 e. The van der Waals surface area contributed by atoms with Crippen LogP contribution in [0.1, 0.15) is 36.9 Å². The number of piperidine rings is 1. The van der Waals surface area contributed by atoms with Gasteiger partial charge in [0.15, 0.2) is 0 Å². The standard InChI is InChI=1S/C15H27N3S/c1-3-18-9-5-6-13(11-18)10-15-17-14(12-19-15)7-4-8-16-2/h12-13,16H,3-11H2,1-2H3. The van der Waals surface area contributed by atoms with Crippen molar-refractivity contribution >= 4 is 11.3 Å². The Kier molecular flexibility index (Phi) is 6.28. The molecule has 1 atom stereocenters. The highest BCUT2D eigenvalue weighted by Crippen LogP contribution is 2.22. The first kappa shape index (κ1) is 14.9. The summed E-state index contributed by atoms with van der Waals surface area (Å²) in [5, 5.41) is 6.80. The normalized spacial score (nSPS) is 20.8. The van der Waals surface area contributed by atoms with Gasteiger partial charge < -0.3 is 10.2 Å². The number of nitrogens with one attached hydrogen (secondary N) is 1. The van der Waals surface area contributed by atoms with Gasteiger partial charge in [-0.3, -0.25) is 0 Å². The third-order valence-corrected chi connectivity index (χ3v) is 4.89. The van der Waals surface area contributed by atoms with E-state index in [0.717, 1.165) is 18.9 Å². The molecule has 2 rings (SSSR count). The molecule has 1 N–H and O–H groups in total. The van der Waals surface area contributed by atoms with Crippen LogP contribution in [0.4, 0.5) is 0 Å². The van der Waals surface area contributed by atoms with Crippen molar-refractivity contribution in [2.24, 2.45) is 5.92 Å². The molecule has 1 aliphatic heterocycles. The third kappa shape index (κ3) is 4.86. The van der Waals surface area contributed by atoms with Crippen LogP contribution in [0.5, 0.6) is 0 Å². The van der Waals surface area contributed by atoms with Gasteiger partial charge in [-0.25, -0.2) is 4.98 Å². The van der Waals surface area contributed by atoms with Gasteiger partial charge in [-0.05, 0) is 58.3 Å². The van der Waals surface area contributed by atoms with E-state index < -0.39 is 0 Å². The Morgan fingerprint density at radius 3 is 3.21 bits per heavy atom. The van der Waals surface area contributed by atoms with Crippen molar-refractivity contribution in [3.63, 3.8) is 0 Å². The van der Waals surface area contributed by atoms with E-state index in [-0.39, 0.29) is 0 Å². The fourth-order valence-corrected chi connectivity index (χ4v) is 3.80. The lowest BCUT2D eigenvalue weighted by molar-refractivity contribution is 0.182. The summed E-state index contributed by atoms with van der Waals surface area (Å²) in [6.07, 6.45) is 6.23. The topological polar surface area (TPSA) is 28.2 Å². The van der Waals surface area contributed by atoms with Gasteiger partial charge in [0.1, 0.15) is 0 Å². The zero-order valence-electron chi connectivity index (χ0n) is 12.3. The molecule has 0 saturated carbocycles. The van der Waals surface area contributed by atoms with Crippen molar-refractivity contribution in [3.8, 4) is 0 Å². The smallest absolute Gasteiger partial charge is 0.0931 e. The molecule has 0 bridgehead atoms. The van der Waals surface area contributed by atoms with Crippen molar-refractivity contribution in [2.45, 2.75) is 39.0 Å². The second-order valence-electron chi connectivity index (χ2n) is 5.55. The molecule has 4 heteroatoms. The van der Waals surface area contributed by atoms with Crippen LogP contribution in [0, 0.1) is 5.92 Å². The average molecular weight is 281 g/mol. The quantitative estimate of drug-likeness (QED) is 0.779. The highest BCUT2D eigenvalue weighted by atomic mass is 32.1. The number of rotatable bonds is 7. The van der Waals surface area contributed by atoms with Crippen LogP contribution in [-0.2, 0) is 12.8 Å². The van der Waals surface area contributed by atoms with Crippen molar-refractivity contribution < 1.29 is 0 Å². The lowest BCUT2D eigenvalue weighted by Crippen LogP contribution is -2.35. The molecule has 1 fully saturated rings. The summed E-state index contributed by atoms with van der Waals surface area (Å²) in [6.45, 7) is 7.11. The SMILES string of the molecule is CCN1CCCC(Cc2nc(CCCNC)cs2)C1. The molecular formula is C15H27N3S. The minimum absolute atomic E-state index is 0.824. The van der Waals surface area contributed by atoms with Crippen molar-refractivity contribution in [1.29, 1.82) is 0 Å². The molecule has 2 heterocycles. The Balaban J connectivity index is 1.78. The van der Waals surface area contributed by atoms with E-state index >= 15 is 0 Å². The number of nitrogens with zero attached hydrogens (tertiary/aromatic N) is 2. The lowest BCUT2D eigenvalue weighted by Gasteiger charge is -2.31. The molecule has 1 saturated heterocycles. The Morgan fingerprint density at radius 1 is 1.53 bits per heavy atom. The fraction of sp³-hybridized carbons (Fsp3) is 0.800. The van der Waals surface area contributed by atoms with Crippen molar-refractivity contribution in [1.82, 2.24) is 15.2 Å². The summed E-state index contributed by atoms with van der Waals surface area (Å²) in [7, 11) is 2.01. The first-order chi connectivity index (χ1) is 9.31. The molecule has 3 nitrogen and oxygen atoms in total. The molecule has 0 aliphatic carbocycles. The van der Waals surface area contributed by atoms with Gasteiger partial charge in [-0.2, -0.15) is 0 Å². The zero-order valence-corrected chi connectivity index (χ0v) is 13.1. The second kappa shape index (κ2) is 7.98. The third-order valence-electron chi connectivity index (χ3n) is 3.97. The molecule has 1 aliphatic rings. The lowest BCUT2D eigenvalue weighted by atomic mass is 9.95. The van der Waals surface area contributed by atoms with E-state index in [1.165, 1.54) is 56.0 Å². The number of hydrogen-bond acceptors (Lipinski definition) is 4. The predicted molar refractivity (Wildman–Crippen MR) is 82.9 cm³/mol. The Bertz CT molecular complexity index is 364. The molecule has 0 radical (unpaired) electrons. The molecule has 1 unspecified atom stereocenters. The summed E-state index contributed by atoms with van der Waals surface area (Å²) in [5.41, 5.74) is 1.29. The van der Waals surface area contributed by atoms with Crippen molar-refractivity contribution in [2.75, 3.05) is 33.2 Å². The molecule has 108 valence electrons. The summed E-state index contributed by atoms with van der Waals surface area (Å²) >= 11 is 1.86. The summed E-state index contributed by atoms with van der Waals surface area (Å²) in [5.74, 6) is 0.824. The van der Waals surface area contributed by atoms with E-state index in [9.17, 15) is 0 Å². The summed E-state index contributed by atoms with van der Waals surface area (Å²) in [6, 6.07) is 0. The molecule has 19 heavy (non-hydrogen) atoms. The number of thiazole rings is 1. The minimum atomic E-state index is 0.824. The van der Waals surface area contributed by atoms with Gasteiger partial charge in [0.2, 0.25) is 0 Å². The number of aromatic nitrogens is 1. The highest BCUT2D eigenvalue weighted by Gasteiger charge is 2.20. The molecular weight excluding hydrogens is 254 g/mol. The first-order valence-electron chi connectivity index (χ1n) is 7.62. The first-order valence-corrected chi connectivity index (χ1v) is 8.50. The van der Waals surface area contributed by atoms with Crippen LogP contribution in [0.2, 0.25) is 0 Å². The Labute approximate surface area is 121 Å². The van der Waals surface area contributed by atoms with Crippen LogP contribution < -0.4 is 5.32 Å². The highest BCUT2D eigenvalue weighted by molar-refractivity contribution is 7.09. The molecule has 1 aromatic heterocycles. The van der Waals surface area contributed by atoms with Gasteiger partial charge in [0.25, 0.3) is 0 Å². The maximum atomic E-state index is 4.80. The number of likely N-dealkylation sites (tertiary alicyclic amines) is 1. The van der Waals surface area contributed by atoms with Crippen LogP contribution in [0.3, 0.4) is 0 Å². The van der Waals surface area contributed by atoms with Crippen LogP contribution in [-0.4, -0.2) is 43.1 Å². The van der Waals surface area contributed by atoms with Gasteiger partial charge >= 0.3 is 0 Å². The molecule has 0 amide bonds. The van der Waals surface area contributed by atoms with Gasteiger partial charge in [0, 0.05) is 18.3 Å². The second-order valence-corrected chi connectivity index (χ2v) is 6.49. The maximum absolute atomic E-state index is 4.80. The van der Waals surface area contributed by atoms with E-state index in [0.29, 0.717) is 0 Å². The maximum Gasteiger partial charge on any atom is 0.0931 e. The van der Waals surface area contributed by atoms with Crippen LogP contribution >= 0.6 is 11.3 Å². The van der Waals surface area contributed by atoms with Gasteiger partial charge in [0.05, 0.1) is 10.7 Å². The Morgan fingerprint density at radius 2 is 2.42 bits per heavy atom. The number of hydrogen-bond donors (Lipinski definition) is 1. The predicted octanol–water partition coefficient (Wildman–Crippen LogP) is 2.57.